The van der Waals surface area contributed by atoms with Crippen LogP contribution in [-0.4, -0.2) is 62.8 Å². The van der Waals surface area contributed by atoms with Gasteiger partial charge in [0.2, 0.25) is 5.91 Å². The Labute approximate surface area is 191 Å². The summed E-state index contributed by atoms with van der Waals surface area (Å²) in [5.74, 6) is -5.02. The fourth-order valence-corrected chi connectivity index (χ4v) is 5.71. The Kier molecular flexibility index (Phi) is 4.43. The number of aromatic nitrogens is 2. The Morgan fingerprint density at radius 2 is 1.88 bits per heavy atom. The van der Waals surface area contributed by atoms with Gasteiger partial charge in [0.25, 0.3) is 11.8 Å². The lowest BCUT2D eigenvalue weighted by Crippen LogP contribution is -2.59. The molecule has 0 spiro atoms. The van der Waals surface area contributed by atoms with Crippen molar-refractivity contribution in [2.45, 2.75) is 49.7 Å². The van der Waals surface area contributed by atoms with E-state index in [9.17, 15) is 31.5 Å². The molecular formula is C23H23F5N4O2. The molecule has 4 fully saturated rings. The molecular weight excluding hydrogens is 459 g/mol. The number of carbonyl (C=O) groups is 2. The average Bonchev–Trinajstić information content (AvgIpc) is 3.68. The third kappa shape index (κ3) is 3.22. The minimum Gasteiger partial charge on any atom is -0.330 e. The van der Waals surface area contributed by atoms with Crippen molar-refractivity contribution < 1.29 is 31.5 Å². The largest absolute Gasteiger partial charge is 0.418 e. The van der Waals surface area contributed by atoms with E-state index in [0.717, 1.165) is 18.9 Å². The maximum Gasteiger partial charge on any atom is 0.418 e. The zero-order valence-corrected chi connectivity index (χ0v) is 18.4. The molecule has 3 saturated carbocycles. The number of imidazole rings is 1. The summed E-state index contributed by atoms with van der Waals surface area (Å²) in [7, 11) is 1.48. The quantitative estimate of drug-likeness (QED) is 0.626. The molecule has 0 radical (unpaired) electrons. The second-order valence-electron chi connectivity index (χ2n) is 10.0. The maximum absolute atomic E-state index is 14.5. The lowest BCUT2D eigenvalue weighted by atomic mass is 10.0. The van der Waals surface area contributed by atoms with Gasteiger partial charge in [0.05, 0.1) is 17.1 Å². The van der Waals surface area contributed by atoms with Crippen LogP contribution in [0.3, 0.4) is 0 Å². The van der Waals surface area contributed by atoms with Crippen LogP contribution in [0.25, 0.3) is 11.0 Å². The number of fused-ring (bicyclic) bond motifs is 2. The van der Waals surface area contributed by atoms with Crippen molar-refractivity contribution in [1.82, 2.24) is 19.4 Å². The van der Waals surface area contributed by atoms with E-state index in [1.54, 1.807) is 6.07 Å². The first-order valence-corrected chi connectivity index (χ1v) is 11.5. The van der Waals surface area contributed by atoms with E-state index in [0.29, 0.717) is 12.0 Å². The van der Waals surface area contributed by atoms with E-state index in [2.05, 4.69) is 4.98 Å². The molecule has 3 atom stereocenters. The van der Waals surface area contributed by atoms with Gasteiger partial charge in [0.1, 0.15) is 12.1 Å². The Morgan fingerprint density at radius 1 is 1.15 bits per heavy atom. The van der Waals surface area contributed by atoms with Crippen molar-refractivity contribution in [3.8, 4) is 0 Å². The fraction of sp³-hybridized carbons (Fsp3) is 0.609. The van der Waals surface area contributed by atoms with Gasteiger partial charge in [-0.3, -0.25) is 9.59 Å². The smallest absolute Gasteiger partial charge is 0.330 e. The minimum absolute atomic E-state index is 0.0230. The number of nitrogens with zero attached hydrogens (tertiary/aromatic N) is 4. The number of aryl methyl sites for hydroxylation is 1. The number of hydrogen-bond donors (Lipinski definition) is 0. The van der Waals surface area contributed by atoms with Gasteiger partial charge < -0.3 is 14.4 Å². The summed E-state index contributed by atoms with van der Waals surface area (Å²) in [6.45, 7) is -0.410. The van der Waals surface area contributed by atoms with Crippen LogP contribution in [0.4, 0.5) is 22.0 Å². The number of halogens is 5. The third-order valence-corrected chi connectivity index (χ3v) is 7.86. The van der Waals surface area contributed by atoms with E-state index in [4.69, 9.17) is 0 Å². The molecule has 2 aromatic rings. The standard InChI is InChI=1S/C23H23F5N4O2/c1-30-16-8-12(11-2-3-11)6-15(23(26,27)28)19(16)29-20(30)21(34)31-4-5-32(18(33)10-31)17-9-13-7-14(13)22(17,24)25/h6,8,11,13-14,17H,2-5,7,9-10H2,1H3. The topological polar surface area (TPSA) is 58.4 Å². The number of benzene rings is 1. The summed E-state index contributed by atoms with van der Waals surface area (Å²) in [5.41, 5.74) is -0.418. The van der Waals surface area contributed by atoms with Gasteiger partial charge in [-0.1, -0.05) is 0 Å². The fourth-order valence-electron chi connectivity index (χ4n) is 5.71. The third-order valence-electron chi connectivity index (χ3n) is 7.86. The van der Waals surface area contributed by atoms with Crippen LogP contribution in [0.5, 0.6) is 0 Å². The van der Waals surface area contributed by atoms with Gasteiger partial charge in [-0.15, -0.1) is 0 Å². The van der Waals surface area contributed by atoms with Crippen LogP contribution < -0.4 is 0 Å². The first-order valence-electron chi connectivity index (χ1n) is 11.5. The molecule has 6 nitrogen and oxygen atoms in total. The Morgan fingerprint density at radius 3 is 2.47 bits per heavy atom. The van der Waals surface area contributed by atoms with Crippen molar-refractivity contribution in [3.63, 3.8) is 0 Å². The maximum atomic E-state index is 14.5. The van der Waals surface area contributed by atoms with E-state index in [1.165, 1.54) is 21.4 Å². The molecule has 11 heteroatoms. The van der Waals surface area contributed by atoms with Crippen molar-refractivity contribution in [3.05, 3.63) is 29.1 Å². The van der Waals surface area contributed by atoms with Crippen molar-refractivity contribution >= 4 is 22.8 Å². The van der Waals surface area contributed by atoms with Gasteiger partial charge in [-0.2, -0.15) is 13.2 Å². The summed E-state index contributed by atoms with van der Waals surface area (Å²) < 4.78 is 71.7. The van der Waals surface area contributed by atoms with Crippen LogP contribution in [0.2, 0.25) is 0 Å². The summed E-state index contributed by atoms with van der Waals surface area (Å²) in [6, 6.07) is 1.60. The number of carbonyl (C=O) groups excluding carboxylic acids is 2. The first-order chi connectivity index (χ1) is 16.0. The summed E-state index contributed by atoms with van der Waals surface area (Å²) >= 11 is 0. The molecule has 6 rings (SSSR count). The van der Waals surface area contributed by atoms with E-state index < -0.39 is 48.0 Å². The van der Waals surface area contributed by atoms with E-state index >= 15 is 0 Å². The molecule has 1 saturated heterocycles. The molecule has 2 heterocycles. The molecule has 2 amide bonds. The number of rotatable bonds is 3. The molecule has 0 N–H and O–H groups in total. The van der Waals surface area contributed by atoms with E-state index in [1.807, 2.05) is 0 Å². The molecule has 3 unspecified atom stereocenters. The molecule has 0 bridgehead atoms. The Bertz CT molecular complexity index is 1220. The van der Waals surface area contributed by atoms with Crippen LogP contribution in [-0.2, 0) is 18.0 Å². The minimum atomic E-state index is -4.63. The second-order valence-corrected chi connectivity index (χ2v) is 10.0. The van der Waals surface area contributed by atoms with Crippen LogP contribution in [0.1, 0.15) is 53.3 Å². The zero-order valence-electron chi connectivity index (χ0n) is 18.4. The highest BCUT2D eigenvalue weighted by atomic mass is 19.4. The monoisotopic (exact) mass is 482 g/mol. The number of piperazine rings is 1. The number of amides is 2. The molecule has 34 heavy (non-hydrogen) atoms. The highest BCUT2D eigenvalue weighted by molar-refractivity contribution is 5.98. The SMILES string of the molecule is Cn1c(C(=O)N2CCN(C3CC4CC4C3(F)F)C(=O)C2)nc2c(C(F)(F)F)cc(C3CC3)cc21. The molecule has 1 aromatic carbocycles. The van der Waals surface area contributed by atoms with E-state index in [-0.39, 0.29) is 48.2 Å². The Hall–Kier alpha value is -2.72. The lowest BCUT2D eigenvalue weighted by Gasteiger charge is -2.40. The van der Waals surface area contributed by atoms with Crippen LogP contribution >= 0.6 is 0 Å². The molecule has 4 aliphatic rings. The molecule has 182 valence electrons. The first kappa shape index (κ1) is 21.8. The van der Waals surface area contributed by atoms with Crippen LogP contribution in [0.15, 0.2) is 12.1 Å². The highest BCUT2D eigenvalue weighted by Gasteiger charge is 2.67. The van der Waals surface area contributed by atoms with Crippen molar-refractivity contribution in [2.75, 3.05) is 19.6 Å². The Balaban J connectivity index is 1.27. The molecule has 3 aliphatic carbocycles. The normalized spacial score (nSPS) is 28.5. The van der Waals surface area contributed by atoms with Crippen molar-refractivity contribution in [1.29, 1.82) is 0 Å². The van der Waals surface area contributed by atoms with Gasteiger partial charge in [0, 0.05) is 26.1 Å². The second kappa shape index (κ2) is 6.91. The highest BCUT2D eigenvalue weighted by Crippen LogP contribution is 2.61. The van der Waals surface area contributed by atoms with Gasteiger partial charge in [-0.05, 0) is 55.2 Å². The average molecular weight is 482 g/mol. The van der Waals surface area contributed by atoms with Gasteiger partial charge in [-0.25, -0.2) is 13.8 Å². The van der Waals surface area contributed by atoms with Gasteiger partial charge >= 0.3 is 6.18 Å². The van der Waals surface area contributed by atoms with Crippen LogP contribution in [0, 0.1) is 11.8 Å². The van der Waals surface area contributed by atoms with Gasteiger partial charge in [0.15, 0.2) is 5.82 Å². The zero-order chi connectivity index (χ0) is 24.2. The molecule has 1 aliphatic heterocycles. The predicted octanol–water partition coefficient (Wildman–Crippen LogP) is 3.80. The summed E-state index contributed by atoms with van der Waals surface area (Å²) in [4.78, 5) is 32.3. The number of hydrogen-bond acceptors (Lipinski definition) is 3. The predicted molar refractivity (Wildman–Crippen MR) is 110 cm³/mol. The molecule has 1 aromatic heterocycles. The number of alkyl halides is 5. The van der Waals surface area contributed by atoms with Crippen molar-refractivity contribution in [2.24, 2.45) is 18.9 Å². The summed E-state index contributed by atoms with van der Waals surface area (Å²) in [6.07, 6.45) is -2.23. The summed E-state index contributed by atoms with van der Waals surface area (Å²) in [5, 5.41) is 0. The lowest BCUT2D eigenvalue weighted by molar-refractivity contribution is -0.149.